The van der Waals surface area contributed by atoms with Crippen molar-refractivity contribution < 1.29 is 38.4 Å². The minimum absolute atomic E-state index is 0.0256. The van der Waals surface area contributed by atoms with Crippen LogP contribution in [0.5, 0.6) is 0 Å². The number of ether oxygens (including phenoxy) is 4. The molecular formula is C16H29N3O8. The van der Waals surface area contributed by atoms with Crippen molar-refractivity contribution in [2.24, 2.45) is 0 Å². The molecule has 3 aliphatic heterocycles. The largest absolute Gasteiger partial charge is 0.447 e. The molecule has 3 heterocycles. The fourth-order valence-electron chi connectivity index (χ4n) is 2.17. The highest BCUT2D eigenvalue weighted by Crippen LogP contribution is 2.09. The van der Waals surface area contributed by atoms with Gasteiger partial charge in [0.2, 0.25) is 0 Å². The number of carbonyl (C=O) groups is 3. The molecule has 0 unspecified atom stereocenters. The third-order valence-electron chi connectivity index (χ3n) is 4.44. The second-order valence-corrected chi connectivity index (χ2v) is 6.36. The highest BCUT2D eigenvalue weighted by Gasteiger charge is 2.29. The Balaban J connectivity index is 0.000000204. The van der Waals surface area contributed by atoms with Gasteiger partial charge in [0.1, 0.15) is 19.8 Å². The van der Waals surface area contributed by atoms with Crippen LogP contribution >= 0.6 is 0 Å². The van der Waals surface area contributed by atoms with Gasteiger partial charge in [-0.25, -0.2) is 14.4 Å². The molecule has 3 saturated heterocycles. The zero-order valence-corrected chi connectivity index (χ0v) is 16.4. The molecule has 0 aromatic rings. The molecule has 0 bridgehead atoms. The van der Waals surface area contributed by atoms with Gasteiger partial charge in [-0.2, -0.15) is 0 Å². The van der Waals surface area contributed by atoms with E-state index >= 15 is 0 Å². The summed E-state index contributed by atoms with van der Waals surface area (Å²) in [5.41, 5.74) is 0. The number of hydrogen-bond acceptors (Lipinski definition) is 8. The molecule has 3 fully saturated rings. The van der Waals surface area contributed by atoms with E-state index in [0.29, 0.717) is 26.4 Å². The van der Waals surface area contributed by atoms with Crippen molar-refractivity contribution >= 4 is 18.3 Å². The normalized spacial score (nSPS) is 26.7. The Morgan fingerprint density at radius 2 is 1.33 bits per heavy atom. The Bertz CT molecular complexity index is 518. The highest BCUT2D eigenvalue weighted by atomic mass is 16.6. The maximum atomic E-state index is 10.7. The van der Waals surface area contributed by atoms with Gasteiger partial charge < -0.3 is 38.8 Å². The smallest absolute Gasteiger partial charge is 0.410 e. The zero-order chi connectivity index (χ0) is 20.6. The summed E-state index contributed by atoms with van der Waals surface area (Å²) < 4.78 is 18.9. The van der Waals surface area contributed by atoms with Crippen LogP contribution in [0.25, 0.3) is 0 Å². The lowest BCUT2D eigenvalue weighted by atomic mass is 10.3. The average molecular weight is 391 g/mol. The Morgan fingerprint density at radius 1 is 0.889 bits per heavy atom. The summed E-state index contributed by atoms with van der Waals surface area (Å²) in [4.78, 5) is 36.2. The average Bonchev–Trinajstić information content (AvgIpc) is 3.26. The summed E-state index contributed by atoms with van der Waals surface area (Å²) in [7, 11) is 6.66. The van der Waals surface area contributed by atoms with Crippen molar-refractivity contribution in [3.63, 3.8) is 0 Å². The first-order valence-corrected chi connectivity index (χ1v) is 8.51. The standard InChI is InChI=1S/C6H11NO3.C5H9NO3.C5H9NO2/c1-7-5(3-9-2)4-10-6(7)8;1-6-4(2-7)3-9-5(6)8;1-4-3-8-5(7)6(4)2/h5H,3-4H2,1-2H3;4,7H,2-3H2,1H3;4H,3H2,1-2H3/t5-;2*4-/m000/s1. The molecule has 3 atom stereocenters. The molecule has 0 radical (unpaired) electrons. The Morgan fingerprint density at radius 3 is 1.56 bits per heavy atom. The number of rotatable bonds is 3. The number of aliphatic hydroxyl groups excluding tert-OH is 1. The van der Waals surface area contributed by atoms with Crippen LogP contribution in [0.1, 0.15) is 6.92 Å². The van der Waals surface area contributed by atoms with E-state index in [1.807, 2.05) is 6.92 Å². The summed E-state index contributed by atoms with van der Waals surface area (Å²) in [6, 6.07) is 0.206. The van der Waals surface area contributed by atoms with Crippen molar-refractivity contribution in [3.05, 3.63) is 0 Å². The van der Waals surface area contributed by atoms with E-state index in [0.717, 1.165) is 0 Å². The van der Waals surface area contributed by atoms with Gasteiger partial charge >= 0.3 is 18.3 Å². The van der Waals surface area contributed by atoms with E-state index in [-0.39, 0.29) is 43.0 Å². The lowest BCUT2D eigenvalue weighted by Gasteiger charge is -2.13. The van der Waals surface area contributed by atoms with Gasteiger partial charge in [0, 0.05) is 28.3 Å². The molecule has 3 aliphatic rings. The lowest BCUT2D eigenvalue weighted by molar-refractivity contribution is 0.137. The fraction of sp³-hybridized carbons (Fsp3) is 0.812. The van der Waals surface area contributed by atoms with Crippen molar-refractivity contribution in [1.29, 1.82) is 0 Å². The molecule has 0 aromatic heterocycles. The second kappa shape index (κ2) is 10.8. The number of amides is 3. The van der Waals surface area contributed by atoms with Gasteiger partial charge in [0.25, 0.3) is 0 Å². The first-order valence-electron chi connectivity index (χ1n) is 8.51. The van der Waals surface area contributed by atoms with E-state index in [1.54, 1.807) is 38.1 Å². The van der Waals surface area contributed by atoms with Gasteiger partial charge in [-0.3, -0.25) is 0 Å². The van der Waals surface area contributed by atoms with E-state index in [2.05, 4.69) is 9.47 Å². The van der Waals surface area contributed by atoms with Crippen LogP contribution in [-0.2, 0) is 18.9 Å². The molecule has 11 nitrogen and oxygen atoms in total. The number of cyclic esters (lactones) is 3. The summed E-state index contributed by atoms with van der Waals surface area (Å²) in [6.45, 7) is 3.76. The fourth-order valence-corrected chi connectivity index (χ4v) is 2.17. The second-order valence-electron chi connectivity index (χ2n) is 6.36. The lowest BCUT2D eigenvalue weighted by Crippen LogP contribution is -2.32. The molecular weight excluding hydrogens is 362 g/mol. The van der Waals surface area contributed by atoms with Gasteiger partial charge in [-0.15, -0.1) is 0 Å². The molecule has 156 valence electrons. The van der Waals surface area contributed by atoms with Crippen LogP contribution in [0.2, 0.25) is 0 Å². The van der Waals surface area contributed by atoms with E-state index < -0.39 is 0 Å². The van der Waals surface area contributed by atoms with E-state index in [1.165, 1.54) is 4.90 Å². The number of nitrogens with zero attached hydrogens (tertiary/aromatic N) is 3. The predicted molar refractivity (Wildman–Crippen MR) is 93.3 cm³/mol. The van der Waals surface area contributed by atoms with Gasteiger partial charge in [0.15, 0.2) is 0 Å². The maximum absolute atomic E-state index is 10.7. The number of methoxy groups -OCH3 is 1. The van der Waals surface area contributed by atoms with Crippen molar-refractivity contribution in [3.8, 4) is 0 Å². The third kappa shape index (κ3) is 6.43. The SMILES string of the molecule is CN1C(=O)OC[C@@H]1CO.COC[C@H]1COC(=O)N1C.C[C@H]1COC(=O)N1C. The van der Waals surface area contributed by atoms with Crippen molar-refractivity contribution in [1.82, 2.24) is 14.7 Å². The van der Waals surface area contributed by atoms with Gasteiger partial charge in [-0.1, -0.05) is 0 Å². The minimum atomic E-state index is -0.353. The van der Waals surface area contributed by atoms with Gasteiger partial charge in [0.05, 0.1) is 31.3 Å². The Hall–Kier alpha value is -2.27. The third-order valence-corrected chi connectivity index (χ3v) is 4.44. The summed E-state index contributed by atoms with van der Waals surface area (Å²) >= 11 is 0. The molecule has 0 aliphatic carbocycles. The minimum Gasteiger partial charge on any atom is -0.447 e. The number of carbonyl (C=O) groups excluding carboxylic acids is 3. The summed E-state index contributed by atoms with van der Waals surface area (Å²) in [5.74, 6) is 0. The highest BCUT2D eigenvalue weighted by molar-refractivity contribution is 5.70. The van der Waals surface area contributed by atoms with Crippen LogP contribution in [0.4, 0.5) is 14.4 Å². The Kier molecular flexibility index (Phi) is 9.09. The van der Waals surface area contributed by atoms with Crippen LogP contribution in [0.3, 0.4) is 0 Å². The molecule has 0 spiro atoms. The van der Waals surface area contributed by atoms with E-state index in [9.17, 15) is 14.4 Å². The van der Waals surface area contributed by atoms with Crippen LogP contribution in [0.15, 0.2) is 0 Å². The van der Waals surface area contributed by atoms with Crippen LogP contribution < -0.4 is 0 Å². The summed E-state index contributed by atoms with van der Waals surface area (Å²) in [6.07, 6.45) is -0.825. The van der Waals surface area contributed by atoms with Gasteiger partial charge in [-0.05, 0) is 6.92 Å². The van der Waals surface area contributed by atoms with Crippen LogP contribution in [-0.4, -0.2) is 117 Å². The molecule has 1 N–H and O–H groups in total. The van der Waals surface area contributed by atoms with Crippen molar-refractivity contribution in [2.45, 2.75) is 25.0 Å². The van der Waals surface area contributed by atoms with Crippen LogP contribution in [0, 0.1) is 0 Å². The predicted octanol–water partition coefficient (Wildman–Crippen LogP) is -0.0304. The molecule has 0 saturated carbocycles. The topological polar surface area (TPSA) is 118 Å². The number of aliphatic hydroxyl groups is 1. The maximum Gasteiger partial charge on any atom is 0.410 e. The zero-order valence-electron chi connectivity index (χ0n) is 16.4. The number of hydrogen-bond donors (Lipinski definition) is 1. The first-order chi connectivity index (χ1) is 12.7. The quantitative estimate of drug-likeness (QED) is 0.667. The first kappa shape index (κ1) is 22.8. The number of likely N-dealkylation sites (N-methyl/N-ethyl adjacent to an activating group) is 3. The molecule has 3 amide bonds. The van der Waals surface area contributed by atoms with Crippen molar-refractivity contribution in [2.75, 3.05) is 61.3 Å². The summed E-state index contributed by atoms with van der Waals surface area (Å²) in [5, 5.41) is 8.58. The Labute approximate surface area is 158 Å². The molecule has 0 aromatic carbocycles. The van der Waals surface area contributed by atoms with E-state index in [4.69, 9.17) is 14.6 Å². The molecule has 11 heteroatoms. The molecule has 27 heavy (non-hydrogen) atoms. The monoisotopic (exact) mass is 391 g/mol. The molecule has 3 rings (SSSR count).